The van der Waals surface area contributed by atoms with E-state index in [0.29, 0.717) is 25.3 Å². The Morgan fingerprint density at radius 3 is 3.00 bits per heavy atom. The van der Waals surface area contributed by atoms with Crippen molar-refractivity contribution >= 4 is 0 Å². The largest absolute Gasteiger partial charge is 0.304 e. The first-order valence-electron chi connectivity index (χ1n) is 7.49. The van der Waals surface area contributed by atoms with Crippen LogP contribution < -0.4 is 5.32 Å². The molecule has 22 heavy (non-hydrogen) atoms. The average molecular weight is 304 g/mol. The number of aryl methyl sites for hydroxylation is 1. The number of alkyl halides is 1. The van der Waals surface area contributed by atoms with Gasteiger partial charge in [0.05, 0.1) is 12.6 Å². The lowest BCUT2D eigenvalue weighted by Crippen LogP contribution is -2.18. The number of nitrogens with zero attached hydrogens (tertiary/aromatic N) is 4. The Morgan fingerprint density at radius 1 is 1.41 bits per heavy atom. The zero-order chi connectivity index (χ0) is 15.5. The SMILES string of the molecule is Cc1cc(CN(C)Cc2nc([C@H]3C[C@H](F)CN3)n[nH]2)ccn1. The second-order valence-corrected chi connectivity index (χ2v) is 5.91. The lowest BCUT2D eigenvalue weighted by atomic mass is 10.2. The summed E-state index contributed by atoms with van der Waals surface area (Å²) in [6.07, 6.45) is 1.47. The molecule has 0 spiro atoms. The van der Waals surface area contributed by atoms with E-state index >= 15 is 0 Å². The van der Waals surface area contributed by atoms with Gasteiger partial charge in [0.1, 0.15) is 12.0 Å². The van der Waals surface area contributed by atoms with Crippen LogP contribution in [0.15, 0.2) is 18.3 Å². The van der Waals surface area contributed by atoms with E-state index in [4.69, 9.17) is 0 Å². The van der Waals surface area contributed by atoms with Crippen LogP contribution >= 0.6 is 0 Å². The van der Waals surface area contributed by atoms with Gasteiger partial charge in [-0.2, -0.15) is 5.10 Å². The molecule has 0 unspecified atom stereocenters. The summed E-state index contributed by atoms with van der Waals surface area (Å²) in [5.41, 5.74) is 2.23. The molecule has 0 aromatic carbocycles. The van der Waals surface area contributed by atoms with Crippen LogP contribution in [0, 0.1) is 6.92 Å². The molecule has 3 rings (SSSR count). The molecule has 1 fully saturated rings. The van der Waals surface area contributed by atoms with E-state index < -0.39 is 6.17 Å². The summed E-state index contributed by atoms with van der Waals surface area (Å²) in [7, 11) is 2.03. The first-order valence-corrected chi connectivity index (χ1v) is 7.49. The lowest BCUT2D eigenvalue weighted by molar-refractivity contribution is 0.310. The number of aromatic nitrogens is 4. The first-order chi connectivity index (χ1) is 10.6. The fourth-order valence-electron chi connectivity index (χ4n) is 2.75. The number of hydrogen-bond donors (Lipinski definition) is 2. The highest BCUT2D eigenvalue weighted by Crippen LogP contribution is 2.22. The van der Waals surface area contributed by atoms with Crippen LogP contribution in [0.5, 0.6) is 0 Å². The highest BCUT2D eigenvalue weighted by atomic mass is 19.1. The second kappa shape index (κ2) is 6.50. The molecule has 2 atom stereocenters. The Kier molecular flexibility index (Phi) is 4.44. The molecule has 0 amide bonds. The minimum absolute atomic E-state index is 0.0758. The van der Waals surface area contributed by atoms with Crippen molar-refractivity contribution in [1.82, 2.24) is 30.4 Å². The van der Waals surface area contributed by atoms with Crippen molar-refractivity contribution in [2.75, 3.05) is 13.6 Å². The Morgan fingerprint density at radius 2 is 2.27 bits per heavy atom. The van der Waals surface area contributed by atoms with E-state index in [0.717, 1.165) is 18.1 Å². The van der Waals surface area contributed by atoms with Crippen LogP contribution in [0.2, 0.25) is 0 Å². The molecule has 3 heterocycles. The molecule has 1 aliphatic rings. The summed E-state index contributed by atoms with van der Waals surface area (Å²) in [5.74, 6) is 1.45. The molecule has 2 aromatic heterocycles. The highest BCUT2D eigenvalue weighted by Gasteiger charge is 2.27. The van der Waals surface area contributed by atoms with Gasteiger partial charge >= 0.3 is 0 Å². The third-order valence-corrected chi connectivity index (χ3v) is 3.77. The lowest BCUT2D eigenvalue weighted by Gasteiger charge is -2.15. The van der Waals surface area contributed by atoms with Gasteiger partial charge in [0.15, 0.2) is 5.82 Å². The molecule has 1 saturated heterocycles. The van der Waals surface area contributed by atoms with Crippen molar-refractivity contribution in [3.05, 3.63) is 41.2 Å². The molecule has 0 bridgehead atoms. The topological polar surface area (TPSA) is 69.7 Å². The minimum Gasteiger partial charge on any atom is -0.304 e. The van der Waals surface area contributed by atoms with Crippen molar-refractivity contribution in [3.8, 4) is 0 Å². The smallest absolute Gasteiger partial charge is 0.167 e. The van der Waals surface area contributed by atoms with Crippen molar-refractivity contribution in [3.63, 3.8) is 0 Å². The monoisotopic (exact) mass is 304 g/mol. The van der Waals surface area contributed by atoms with Gasteiger partial charge in [-0.1, -0.05) is 0 Å². The van der Waals surface area contributed by atoms with Crippen molar-refractivity contribution < 1.29 is 4.39 Å². The van der Waals surface area contributed by atoms with Crippen LogP contribution in [0.4, 0.5) is 4.39 Å². The van der Waals surface area contributed by atoms with Crippen LogP contribution in [0.3, 0.4) is 0 Å². The van der Waals surface area contributed by atoms with Crippen molar-refractivity contribution in [2.45, 2.75) is 38.6 Å². The van der Waals surface area contributed by atoms with E-state index in [1.165, 1.54) is 5.56 Å². The molecule has 0 aliphatic carbocycles. The highest BCUT2D eigenvalue weighted by molar-refractivity contribution is 5.15. The number of hydrogen-bond acceptors (Lipinski definition) is 5. The molecule has 0 radical (unpaired) electrons. The van der Waals surface area contributed by atoms with Gasteiger partial charge in [-0.3, -0.25) is 15.0 Å². The van der Waals surface area contributed by atoms with Crippen LogP contribution in [0.1, 0.15) is 35.4 Å². The number of halogens is 1. The van der Waals surface area contributed by atoms with Crippen molar-refractivity contribution in [2.24, 2.45) is 0 Å². The number of aromatic amines is 1. The van der Waals surface area contributed by atoms with Gasteiger partial charge in [-0.25, -0.2) is 9.37 Å². The molecule has 2 N–H and O–H groups in total. The van der Waals surface area contributed by atoms with E-state index in [1.54, 1.807) is 0 Å². The zero-order valence-corrected chi connectivity index (χ0v) is 12.9. The fraction of sp³-hybridized carbons (Fsp3) is 0.533. The maximum Gasteiger partial charge on any atom is 0.167 e. The zero-order valence-electron chi connectivity index (χ0n) is 12.9. The number of pyridine rings is 1. The first kappa shape index (κ1) is 15.1. The summed E-state index contributed by atoms with van der Waals surface area (Å²) in [5, 5.41) is 10.2. The maximum atomic E-state index is 13.2. The molecule has 7 heteroatoms. The van der Waals surface area contributed by atoms with E-state index in [9.17, 15) is 4.39 Å². The Bertz CT molecular complexity index is 628. The number of rotatable bonds is 5. The number of H-pyrrole nitrogens is 1. The van der Waals surface area contributed by atoms with Crippen LogP contribution in [0.25, 0.3) is 0 Å². The predicted molar refractivity (Wildman–Crippen MR) is 80.8 cm³/mol. The van der Waals surface area contributed by atoms with Gasteiger partial charge in [0.25, 0.3) is 0 Å². The molecule has 6 nitrogen and oxygen atoms in total. The Hall–Kier alpha value is -1.86. The normalized spacial score (nSPS) is 21.6. The molecule has 2 aromatic rings. The quantitative estimate of drug-likeness (QED) is 0.876. The van der Waals surface area contributed by atoms with Gasteiger partial charge in [0.2, 0.25) is 0 Å². The standard InChI is InChI=1S/C15H21FN6/c1-10-5-11(3-4-17-10)8-22(2)9-14-19-15(21-20-14)13-6-12(16)7-18-13/h3-5,12-13,18H,6-9H2,1-2H3,(H,19,20,21)/t12-,13+/m0/s1. The third-order valence-electron chi connectivity index (χ3n) is 3.77. The molecule has 118 valence electrons. The predicted octanol–water partition coefficient (Wildman–Crippen LogP) is 1.51. The minimum atomic E-state index is -0.801. The number of nitrogens with one attached hydrogen (secondary N) is 2. The summed E-state index contributed by atoms with van der Waals surface area (Å²) in [6.45, 7) is 3.85. The summed E-state index contributed by atoms with van der Waals surface area (Å²) >= 11 is 0. The van der Waals surface area contributed by atoms with Gasteiger partial charge in [-0.15, -0.1) is 0 Å². The summed E-state index contributed by atoms with van der Waals surface area (Å²) < 4.78 is 13.2. The maximum absolute atomic E-state index is 13.2. The van der Waals surface area contributed by atoms with E-state index in [-0.39, 0.29) is 6.04 Å². The average Bonchev–Trinajstić information content (AvgIpc) is 3.07. The van der Waals surface area contributed by atoms with Crippen molar-refractivity contribution in [1.29, 1.82) is 0 Å². The molecular weight excluding hydrogens is 283 g/mol. The molecule has 1 aliphatic heterocycles. The van der Waals surface area contributed by atoms with E-state index in [2.05, 4.69) is 36.4 Å². The van der Waals surface area contributed by atoms with Gasteiger partial charge in [0, 0.05) is 31.4 Å². The second-order valence-electron chi connectivity index (χ2n) is 5.91. The fourth-order valence-corrected chi connectivity index (χ4v) is 2.75. The van der Waals surface area contributed by atoms with Crippen LogP contribution in [-0.2, 0) is 13.1 Å². The van der Waals surface area contributed by atoms with Gasteiger partial charge in [-0.05, 0) is 31.7 Å². The Labute approximate surface area is 129 Å². The molecular formula is C15H21FN6. The Balaban J connectivity index is 1.57. The van der Waals surface area contributed by atoms with Crippen LogP contribution in [-0.4, -0.2) is 44.8 Å². The molecule has 0 saturated carbocycles. The van der Waals surface area contributed by atoms with E-state index in [1.807, 2.05) is 26.2 Å². The van der Waals surface area contributed by atoms with Gasteiger partial charge < -0.3 is 5.32 Å². The summed E-state index contributed by atoms with van der Waals surface area (Å²) in [6, 6.07) is 4.01. The third kappa shape index (κ3) is 3.66. The summed E-state index contributed by atoms with van der Waals surface area (Å²) in [4.78, 5) is 10.8.